The van der Waals surface area contributed by atoms with E-state index in [2.05, 4.69) is 0 Å². The molecule has 1 aliphatic rings. The standard InChI is InChI=1S/C6H14NO3P/c1-6(2)4-9-11(3,8)10-5(6)7/h5H,4,7H2,1-3H3. The summed E-state index contributed by atoms with van der Waals surface area (Å²) in [6.07, 6.45) is -0.493. The lowest BCUT2D eigenvalue weighted by molar-refractivity contribution is -0.0192. The summed E-state index contributed by atoms with van der Waals surface area (Å²) in [5, 5.41) is 0. The summed E-state index contributed by atoms with van der Waals surface area (Å²) in [4.78, 5) is 0. The minimum atomic E-state index is -2.85. The molecule has 66 valence electrons. The molecular formula is C6H14NO3P. The highest BCUT2D eigenvalue weighted by Gasteiger charge is 2.39. The van der Waals surface area contributed by atoms with Crippen molar-refractivity contribution in [2.24, 2.45) is 11.1 Å². The Morgan fingerprint density at radius 1 is 1.64 bits per heavy atom. The molecule has 2 atom stereocenters. The van der Waals surface area contributed by atoms with Crippen LogP contribution in [0.15, 0.2) is 0 Å². The minimum Gasteiger partial charge on any atom is -0.308 e. The average Bonchev–Trinajstić information content (AvgIpc) is 1.81. The Hall–Kier alpha value is 0.110. The van der Waals surface area contributed by atoms with E-state index in [-0.39, 0.29) is 5.41 Å². The molecule has 1 heterocycles. The maximum atomic E-state index is 11.2. The fraction of sp³-hybridized carbons (Fsp3) is 1.00. The molecule has 0 aromatic heterocycles. The van der Waals surface area contributed by atoms with Crippen molar-refractivity contribution in [3.05, 3.63) is 0 Å². The molecule has 4 nitrogen and oxygen atoms in total. The molecule has 2 unspecified atom stereocenters. The number of hydrogen-bond acceptors (Lipinski definition) is 4. The highest BCUT2D eigenvalue weighted by molar-refractivity contribution is 7.53. The molecule has 5 heteroatoms. The van der Waals surface area contributed by atoms with E-state index in [1.165, 1.54) is 6.66 Å². The Kier molecular flexibility index (Phi) is 2.14. The molecule has 1 rings (SSSR count). The molecule has 0 aromatic rings. The molecule has 0 radical (unpaired) electrons. The molecule has 1 fully saturated rings. The van der Waals surface area contributed by atoms with E-state index in [1.54, 1.807) is 0 Å². The van der Waals surface area contributed by atoms with Gasteiger partial charge in [0.1, 0.15) is 6.23 Å². The Labute approximate surface area is 66.6 Å². The van der Waals surface area contributed by atoms with E-state index >= 15 is 0 Å². The monoisotopic (exact) mass is 179 g/mol. The summed E-state index contributed by atoms with van der Waals surface area (Å²) >= 11 is 0. The van der Waals surface area contributed by atoms with Gasteiger partial charge in [-0.3, -0.25) is 9.09 Å². The third-order valence-electron chi connectivity index (χ3n) is 1.75. The molecule has 0 saturated carbocycles. The first-order chi connectivity index (χ1) is 4.83. The Morgan fingerprint density at radius 3 is 2.55 bits per heavy atom. The summed E-state index contributed by atoms with van der Waals surface area (Å²) in [6, 6.07) is 0. The molecule has 0 aliphatic carbocycles. The number of rotatable bonds is 0. The lowest BCUT2D eigenvalue weighted by atomic mass is 9.93. The van der Waals surface area contributed by atoms with Gasteiger partial charge in [-0.05, 0) is 0 Å². The van der Waals surface area contributed by atoms with Gasteiger partial charge < -0.3 is 10.3 Å². The normalized spacial score (nSPS) is 43.8. The van der Waals surface area contributed by atoms with Crippen LogP contribution in [0.5, 0.6) is 0 Å². The molecule has 2 N–H and O–H groups in total. The van der Waals surface area contributed by atoms with Gasteiger partial charge in [0.15, 0.2) is 0 Å². The van der Waals surface area contributed by atoms with Crippen molar-refractivity contribution in [1.29, 1.82) is 0 Å². The summed E-state index contributed by atoms with van der Waals surface area (Å²) < 4.78 is 21.2. The van der Waals surface area contributed by atoms with Crippen LogP contribution in [0.25, 0.3) is 0 Å². The van der Waals surface area contributed by atoms with Crippen molar-refractivity contribution < 1.29 is 13.6 Å². The average molecular weight is 179 g/mol. The van der Waals surface area contributed by atoms with Crippen LogP contribution in [0.4, 0.5) is 0 Å². The molecule has 1 saturated heterocycles. The van der Waals surface area contributed by atoms with E-state index in [9.17, 15) is 4.57 Å². The van der Waals surface area contributed by atoms with Crippen molar-refractivity contribution in [3.63, 3.8) is 0 Å². The van der Waals surface area contributed by atoms with E-state index < -0.39 is 13.8 Å². The minimum absolute atomic E-state index is 0.246. The second-order valence-corrected chi connectivity index (χ2v) is 5.57. The van der Waals surface area contributed by atoms with Gasteiger partial charge in [0.05, 0.1) is 6.61 Å². The lowest BCUT2D eigenvalue weighted by Crippen LogP contribution is -2.45. The third kappa shape index (κ3) is 2.03. The Bertz CT molecular complexity index is 204. The molecule has 0 amide bonds. The van der Waals surface area contributed by atoms with Gasteiger partial charge >= 0.3 is 7.60 Å². The van der Waals surface area contributed by atoms with Crippen LogP contribution in [-0.4, -0.2) is 19.5 Å². The molecular weight excluding hydrogens is 165 g/mol. The second-order valence-electron chi connectivity index (χ2n) is 3.56. The van der Waals surface area contributed by atoms with E-state index in [0.29, 0.717) is 6.61 Å². The topological polar surface area (TPSA) is 61.5 Å². The van der Waals surface area contributed by atoms with Crippen LogP contribution < -0.4 is 5.73 Å². The van der Waals surface area contributed by atoms with Gasteiger partial charge in [0.25, 0.3) is 0 Å². The van der Waals surface area contributed by atoms with Gasteiger partial charge in [-0.25, -0.2) is 0 Å². The molecule has 11 heavy (non-hydrogen) atoms. The zero-order chi connectivity index (χ0) is 8.70. The van der Waals surface area contributed by atoms with Crippen LogP contribution in [0.2, 0.25) is 0 Å². The zero-order valence-corrected chi connectivity index (χ0v) is 7.93. The third-order valence-corrected chi connectivity index (χ3v) is 2.95. The predicted molar refractivity (Wildman–Crippen MR) is 42.3 cm³/mol. The van der Waals surface area contributed by atoms with Gasteiger partial charge in [-0.1, -0.05) is 13.8 Å². The first kappa shape index (κ1) is 9.20. The van der Waals surface area contributed by atoms with Crippen LogP contribution in [0, 0.1) is 5.41 Å². The van der Waals surface area contributed by atoms with Gasteiger partial charge in [0.2, 0.25) is 0 Å². The van der Waals surface area contributed by atoms with Crippen LogP contribution >= 0.6 is 7.60 Å². The first-order valence-corrected chi connectivity index (χ1v) is 5.48. The predicted octanol–water partition coefficient (Wildman–Crippen LogP) is 1.17. The highest BCUT2D eigenvalue weighted by Crippen LogP contribution is 2.51. The van der Waals surface area contributed by atoms with Gasteiger partial charge in [-0.15, -0.1) is 0 Å². The Morgan fingerprint density at radius 2 is 2.18 bits per heavy atom. The van der Waals surface area contributed by atoms with Gasteiger partial charge in [0, 0.05) is 12.1 Å². The fourth-order valence-corrected chi connectivity index (χ4v) is 2.07. The van der Waals surface area contributed by atoms with Crippen molar-refractivity contribution in [3.8, 4) is 0 Å². The number of hydrogen-bond donors (Lipinski definition) is 1. The van der Waals surface area contributed by atoms with E-state index in [0.717, 1.165) is 0 Å². The Balaban J connectivity index is 2.70. The molecule has 0 spiro atoms. The molecule has 1 aliphatic heterocycles. The van der Waals surface area contributed by atoms with Crippen molar-refractivity contribution in [1.82, 2.24) is 0 Å². The summed E-state index contributed by atoms with van der Waals surface area (Å²) in [5.41, 5.74) is 5.37. The van der Waals surface area contributed by atoms with Crippen molar-refractivity contribution in [2.75, 3.05) is 13.3 Å². The highest BCUT2D eigenvalue weighted by atomic mass is 31.2. The van der Waals surface area contributed by atoms with Gasteiger partial charge in [-0.2, -0.15) is 0 Å². The van der Waals surface area contributed by atoms with E-state index in [1.807, 2.05) is 13.8 Å². The smallest absolute Gasteiger partial charge is 0.308 e. The molecule has 0 bridgehead atoms. The van der Waals surface area contributed by atoms with Crippen LogP contribution in [0.1, 0.15) is 13.8 Å². The maximum absolute atomic E-state index is 11.2. The second kappa shape index (κ2) is 2.56. The lowest BCUT2D eigenvalue weighted by Gasteiger charge is -2.37. The largest absolute Gasteiger partial charge is 0.329 e. The fourth-order valence-electron chi connectivity index (χ4n) is 0.745. The summed E-state index contributed by atoms with van der Waals surface area (Å²) in [7, 11) is -2.85. The summed E-state index contributed by atoms with van der Waals surface area (Å²) in [6.45, 7) is 5.65. The van der Waals surface area contributed by atoms with Crippen LogP contribution in [0.3, 0.4) is 0 Å². The van der Waals surface area contributed by atoms with Crippen LogP contribution in [-0.2, 0) is 13.6 Å². The SMILES string of the molecule is CC1(C)COP(C)(=O)OC1N. The summed E-state index contributed by atoms with van der Waals surface area (Å²) in [5.74, 6) is 0. The number of nitrogens with two attached hydrogens (primary N) is 1. The van der Waals surface area contributed by atoms with E-state index in [4.69, 9.17) is 14.8 Å². The maximum Gasteiger partial charge on any atom is 0.329 e. The zero-order valence-electron chi connectivity index (χ0n) is 7.03. The molecule has 0 aromatic carbocycles. The van der Waals surface area contributed by atoms with Crippen molar-refractivity contribution in [2.45, 2.75) is 20.1 Å². The first-order valence-electron chi connectivity index (χ1n) is 3.49. The van der Waals surface area contributed by atoms with Crippen molar-refractivity contribution >= 4 is 7.60 Å². The quantitative estimate of drug-likeness (QED) is 0.567.